The first-order chi connectivity index (χ1) is 14.6. The molecule has 168 valence electrons. The summed E-state index contributed by atoms with van der Waals surface area (Å²) in [6.07, 6.45) is 21.3. The zero-order valence-corrected chi connectivity index (χ0v) is 20.2. The van der Waals surface area contributed by atoms with E-state index in [1.165, 1.54) is 44.2 Å². The molecular formula is C28H45NO. The van der Waals surface area contributed by atoms with E-state index in [0.717, 1.165) is 31.4 Å². The summed E-state index contributed by atoms with van der Waals surface area (Å²) in [4.78, 5) is 0. The second-order valence-corrected chi connectivity index (χ2v) is 8.12. The maximum Gasteiger partial charge on any atom is 0.119 e. The van der Waals surface area contributed by atoms with Crippen LogP contribution < -0.4 is 10.1 Å². The van der Waals surface area contributed by atoms with E-state index in [9.17, 15) is 0 Å². The largest absolute Gasteiger partial charge is 0.497 e. The standard InChI is InChI=1S/C28H45NO/c1-6-9-14-18-26(29-27-20-22-28(30-5)23-21-27)19-16-13-11-10-12-15-17-25(8-3)24(4)7-2/h12-13,15-16,20-23,26,29H,6-11,14,17-19H2,1-5H3/b15-12+,16-13+,25-24+. The molecule has 2 nitrogen and oxygen atoms in total. The van der Waals surface area contributed by atoms with E-state index >= 15 is 0 Å². The van der Waals surface area contributed by atoms with Crippen LogP contribution >= 0.6 is 0 Å². The van der Waals surface area contributed by atoms with E-state index in [-0.39, 0.29) is 0 Å². The van der Waals surface area contributed by atoms with Crippen molar-refractivity contribution in [1.82, 2.24) is 0 Å². The number of hydrogen-bond donors (Lipinski definition) is 1. The van der Waals surface area contributed by atoms with Gasteiger partial charge in [-0.25, -0.2) is 0 Å². The fourth-order valence-electron chi connectivity index (χ4n) is 3.60. The molecule has 1 unspecified atom stereocenters. The second kappa shape index (κ2) is 16.8. The summed E-state index contributed by atoms with van der Waals surface area (Å²) in [5.74, 6) is 0.905. The number of methoxy groups -OCH3 is 1. The van der Waals surface area contributed by atoms with Gasteiger partial charge in [0.25, 0.3) is 0 Å². The molecule has 0 saturated heterocycles. The molecule has 1 rings (SSSR count). The number of allylic oxidation sites excluding steroid dienone is 5. The van der Waals surface area contributed by atoms with Crippen LogP contribution in [0.1, 0.15) is 91.9 Å². The van der Waals surface area contributed by atoms with Crippen molar-refractivity contribution in [1.29, 1.82) is 0 Å². The van der Waals surface area contributed by atoms with Gasteiger partial charge in [0.05, 0.1) is 7.11 Å². The molecule has 0 spiro atoms. The van der Waals surface area contributed by atoms with E-state index in [0.29, 0.717) is 6.04 Å². The zero-order valence-electron chi connectivity index (χ0n) is 20.2. The lowest BCUT2D eigenvalue weighted by atomic mass is 10.0. The first-order valence-corrected chi connectivity index (χ1v) is 12.0. The van der Waals surface area contributed by atoms with Crippen molar-refractivity contribution in [2.45, 2.75) is 97.9 Å². The summed E-state index contributed by atoms with van der Waals surface area (Å²) in [5, 5.41) is 3.71. The molecule has 0 radical (unpaired) electrons. The van der Waals surface area contributed by atoms with Gasteiger partial charge < -0.3 is 10.1 Å². The minimum atomic E-state index is 0.492. The van der Waals surface area contributed by atoms with Crippen LogP contribution in [0, 0.1) is 0 Å². The molecule has 0 bridgehead atoms. The number of anilines is 1. The molecule has 2 heteroatoms. The van der Waals surface area contributed by atoms with Crippen LogP contribution in [0.5, 0.6) is 5.75 Å². The highest BCUT2D eigenvalue weighted by Crippen LogP contribution is 2.19. The summed E-state index contributed by atoms with van der Waals surface area (Å²) < 4.78 is 5.26. The Hall–Kier alpha value is -1.96. The Morgan fingerprint density at radius 2 is 1.63 bits per heavy atom. The smallest absolute Gasteiger partial charge is 0.119 e. The van der Waals surface area contributed by atoms with Crippen LogP contribution in [0.3, 0.4) is 0 Å². The molecule has 0 aliphatic rings. The van der Waals surface area contributed by atoms with E-state index in [4.69, 9.17) is 4.74 Å². The zero-order chi connectivity index (χ0) is 22.0. The van der Waals surface area contributed by atoms with Crippen molar-refractivity contribution >= 4 is 5.69 Å². The minimum absolute atomic E-state index is 0.492. The second-order valence-electron chi connectivity index (χ2n) is 8.12. The van der Waals surface area contributed by atoms with Crippen molar-refractivity contribution in [2.24, 2.45) is 0 Å². The lowest BCUT2D eigenvalue weighted by Crippen LogP contribution is -2.18. The lowest BCUT2D eigenvalue weighted by molar-refractivity contribution is 0.415. The number of rotatable bonds is 16. The fourth-order valence-corrected chi connectivity index (χ4v) is 3.60. The average Bonchev–Trinajstić information content (AvgIpc) is 2.78. The van der Waals surface area contributed by atoms with E-state index in [1.807, 2.05) is 12.1 Å². The number of benzene rings is 1. The Balaban J connectivity index is 2.43. The Morgan fingerprint density at radius 3 is 2.23 bits per heavy atom. The normalized spacial score (nSPS) is 13.6. The predicted octanol–water partition coefficient (Wildman–Crippen LogP) is 8.87. The van der Waals surface area contributed by atoms with Crippen LogP contribution in [-0.2, 0) is 0 Å². The number of unbranched alkanes of at least 4 members (excludes halogenated alkanes) is 3. The van der Waals surface area contributed by atoms with Gasteiger partial charge in [-0.05, 0) is 76.1 Å². The van der Waals surface area contributed by atoms with Crippen molar-refractivity contribution in [3.05, 3.63) is 59.7 Å². The predicted molar refractivity (Wildman–Crippen MR) is 135 cm³/mol. The van der Waals surface area contributed by atoms with Gasteiger partial charge in [0.2, 0.25) is 0 Å². The summed E-state index contributed by atoms with van der Waals surface area (Å²) in [7, 11) is 1.71. The van der Waals surface area contributed by atoms with Crippen LogP contribution in [0.4, 0.5) is 5.69 Å². The van der Waals surface area contributed by atoms with E-state index in [2.05, 4.69) is 69.4 Å². The van der Waals surface area contributed by atoms with Gasteiger partial charge in [-0.2, -0.15) is 0 Å². The molecule has 1 aromatic carbocycles. The third-order valence-corrected chi connectivity index (χ3v) is 5.80. The van der Waals surface area contributed by atoms with Gasteiger partial charge in [-0.15, -0.1) is 0 Å². The van der Waals surface area contributed by atoms with Crippen molar-refractivity contribution in [3.8, 4) is 5.75 Å². The fraction of sp³-hybridized carbons (Fsp3) is 0.571. The molecule has 0 fully saturated rings. The van der Waals surface area contributed by atoms with Crippen molar-refractivity contribution < 1.29 is 4.74 Å². The monoisotopic (exact) mass is 411 g/mol. The number of hydrogen-bond acceptors (Lipinski definition) is 2. The third-order valence-electron chi connectivity index (χ3n) is 5.80. The van der Waals surface area contributed by atoms with E-state index < -0.39 is 0 Å². The Kier molecular flexibility index (Phi) is 14.6. The van der Waals surface area contributed by atoms with E-state index in [1.54, 1.807) is 18.3 Å². The number of ether oxygens (including phenoxy) is 1. The summed E-state index contributed by atoms with van der Waals surface area (Å²) >= 11 is 0. The highest BCUT2D eigenvalue weighted by atomic mass is 16.5. The van der Waals surface area contributed by atoms with Gasteiger partial charge in [-0.3, -0.25) is 0 Å². The minimum Gasteiger partial charge on any atom is -0.497 e. The molecule has 1 aromatic rings. The first kappa shape index (κ1) is 26.1. The first-order valence-electron chi connectivity index (χ1n) is 12.0. The molecule has 0 aliphatic carbocycles. The Morgan fingerprint density at radius 1 is 0.933 bits per heavy atom. The highest BCUT2D eigenvalue weighted by molar-refractivity contribution is 5.47. The average molecular weight is 412 g/mol. The number of nitrogens with one attached hydrogen (secondary N) is 1. The maximum atomic E-state index is 5.26. The summed E-state index contributed by atoms with van der Waals surface area (Å²) in [5.41, 5.74) is 4.33. The topological polar surface area (TPSA) is 21.3 Å². The summed E-state index contributed by atoms with van der Waals surface area (Å²) in [6.45, 7) is 9.05. The van der Waals surface area contributed by atoms with Gasteiger partial charge in [0.15, 0.2) is 0 Å². The van der Waals surface area contributed by atoms with Crippen molar-refractivity contribution in [3.63, 3.8) is 0 Å². The van der Waals surface area contributed by atoms with Gasteiger partial charge in [-0.1, -0.05) is 75.5 Å². The molecule has 0 heterocycles. The van der Waals surface area contributed by atoms with Crippen LogP contribution in [-0.4, -0.2) is 13.2 Å². The highest BCUT2D eigenvalue weighted by Gasteiger charge is 2.07. The molecule has 0 aromatic heterocycles. The lowest BCUT2D eigenvalue weighted by Gasteiger charge is -2.19. The molecule has 1 atom stereocenters. The molecular weight excluding hydrogens is 366 g/mol. The molecule has 30 heavy (non-hydrogen) atoms. The van der Waals surface area contributed by atoms with Gasteiger partial charge >= 0.3 is 0 Å². The van der Waals surface area contributed by atoms with Crippen LogP contribution in [0.2, 0.25) is 0 Å². The summed E-state index contributed by atoms with van der Waals surface area (Å²) in [6, 6.07) is 8.76. The van der Waals surface area contributed by atoms with Crippen molar-refractivity contribution in [2.75, 3.05) is 12.4 Å². The maximum absolute atomic E-state index is 5.26. The van der Waals surface area contributed by atoms with Gasteiger partial charge in [0, 0.05) is 11.7 Å². The SMILES string of the molecule is CCCCCC(C/C=C/CC/C=C/C/C(CC)=C(\C)CC)Nc1ccc(OC)cc1. The molecule has 0 aliphatic heterocycles. The molecule has 1 N–H and O–H groups in total. The third kappa shape index (κ3) is 11.3. The Labute approximate surface area is 186 Å². The molecule has 0 amide bonds. The van der Waals surface area contributed by atoms with Gasteiger partial charge in [0.1, 0.15) is 5.75 Å². The van der Waals surface area contributed by atoms with Crippen LogP contribution in [0.15, 0.2) is 59.7 Å². The quantitative estimate of drug-likeness (QED) is 0.216. The van der Waals surface area contributed by atoms with Crippen LogP contribution in [0.25, 0.3) is 0 Å². The Bertz CT molecular complexity index is 639. The molecule has 0 saturated carbocycles.